The minimum Gasteiger partial charge on any atom is -0.490 e. The minimum absolute atomic E-state index is 0.0654. The Hall–Kier alpha value is -2.91. The van der Waals surface area contributed by atoms with E-state index in [9.17, 15) is 9.59 Å². The van der Waals surface area contributed by atoms with E-state index >= 15 is 0 Å². The number of thiocarbonyl (C=S) groups is 1. The van der Waals surface area contributed by atoms with Gasteiger partial charge in [0.15, 0.2) is 16.6 Å². The van der Waals surface area contributed by atoms with E-state index in [1.165, 1.54) is 6.42 Å². The Balaban J connectivity index is 1.57. The molecule has 2 aromatic carbocycles. The largest absolute Gasteiger partial charge is 0.490 e. The van der Waals surface area contributed by atoms with Crippen LogP contribution in [0, 0.1) is 0 Å². The molecule has 1 aliphatic carbocycles. The molecule has 0 atom stereocenters. The zero-order valence-electron chi connectivity index (χ0n) is 20.3. The summed E-state index contributed by atoms with van der Waals surface area (Å²) in [6, 6.07) is 10.4. The summed E-state index contributed by atoms with van der Waals surface area (Å²) >= 11 is 9.26. The van der Waals surface area contributed by atoms with Gasteiger partial charge in [-0.25, -0.2) is 4.79 Å². The lowest BCUT2D eigenvalue weighted by Crippen LogP contribution is -2.41. The second kappa shape index (κ2) is 11.4. The Morgan fingerprint density at radius 1 is 1.14 bits per heavy atom. The van der Waals surface area contributed by atoms with E-state index in [1.54, 1.807) is 34.1 Å². The van der Waals surface area contributed by atoms with Crippen molar-refractivity contribution in [1.82, 2.24) is 9.80 Å². The van der Waals surface area contributed by atoms with Gasteiger partial charge in [0.25, 0.3) is 5.91 Å². The average Bonchev–Trinajstić information content (AvgIpc) is 3.08. The van der Waals surface area contributed by atoms with Crippen LogP contribution in [0.5, 0.6) is 11.5 Å². The summed E-state index contributed by atoms with van der Waals surface area (Å²) in [5.41, 5.74) is 2.36. The van der Waals surface area contributed by atoms with E-state index in [0.29, 0.717) is 28.9 Å². The maximum Gasteiger partial charge on any atom is 0.335 e. The van der Waals surface area contributed by atoms with Crippen molar-refractivity contribution in [2.45, 2.75) is 51.7 Å². The SMILES string of the molecule is CCOc1cc(/C=C2/C(=O)N(C3CCCCC3)C(=S)N2C)c(Br)cc1OCc1ccc(C(=O)O)cc1. The monoisotopic (exact) mass is 572 g/mol. The molecular formula is C27H29BrN2O5S. The van der Waals surface area contributed by atoms with E-state index in [0.717, 1.165) is 41.3 Å². The molecule has 0 aromatic heterocycles. The molecule has 9 heteroatoms. The molecule has 7 nitrogen and oxygen atoms in total. The predicted octanol–water partition coefficient (Wildman–Crippen LogP) is 5.86. The zero-order chi connectivity index (χ0) is 25.8. The molecular weight excluding hydrogens is 544 g/mol. The van der Waals surface area contributed by atoms with Gasteiger partial charge in [0.05, 0.1) is 12.2 Å². The van der Waals surface area contributed by atoms with Crippen molar-refractivity contribution in [2.24, 2.45) is 0 Å². The molecule has 1 saturated carbocycles. The number of hydrogen-bond acceptors (Lipinski definition) is 5. The van der Waals surface area contributed by atoms with Crippen LogP contribution < -0.4 is 9.47 Å². The van der Waals surface area contributed by atoms with Crippen LogP contribution in [0.3, 0.4) is 0 Å². The van der Waals surface area contributed by atoms with Gasteiger partial charge in [-0.1, -0.05) is 47.3 Å². The van der Waals surface area contributed by atoms with E-state index < -0.39 is 5.97 Å². The second-order valence-electron chi connectivity index (χ2n) is 8.88. The molecule has 2 fully saturated rings. The Morgan fingerprint density at radius 3 is 2.44 bits per heavy atom. The maximum atomic E-state index is 13.4. The fourth-order valence-electron chi connectivity index (χ4n) is 4.53. The van der Waals surface area contributed by atoms with Crippen molar-refractivity contribution < 1.29 is 24.2 Å². The number of carboxylic acids is 1. The molecule has 4 rings (SSSR count). The van der Waals surface area contributed by atoms with Crippen LogP contribution in [-0.4, -0.2) is 51.6 Å². The first kappa shape index (κ1) is 26.2. The van der Waals surface area contributed by atoms with Crippen molar-refractivity contribution in [3.63, 3.8) is 0 Å². The number of rotatable bonds is 8. The molecule has 190 valence electrons. The molecule has 1 saturated heterocycles. The van der Waals surface area contributed by atoms with Crippen LogP contribution in [0.1, 0.15) is 60.5 Å². The topological polar surface area (TPSA) is 79.3 Å². The summed E-state index contributed by atoms with van der Waals surface area (Å²) in [6.07, 6.45) is 7.24. The molecule has 0 unspecified atom stereocenters. The van der Waals surface area contributed by atoms with Crippen molar-refractivity contribution in [3.8, 4) is 11.5 Å². The number of amides is 1. The number of carbonyl (C=O) groups is 2. The summed E-state index contributed by atoms with van der Waals surface area (Å²) in [5, 5.41) is 9.62. The molecule has 1 heterocycles. The average molecular weight is 574 g/mol. The normalized spacial score (nSPS) is 17.7. The van der Waals surface area contributed by atoms with Crippen molar-refractivity contribution in [3.05, 3.63) is 63.3 Å². The highest BCUT2D eigenvalue weighted by atomic mass is 79.9. The Morgan fingerprint density at radius 2 is 1.81 bits per heavy atom. The number of hydrogen-bond donors (Lipinski definition) is 1. The van der Waals surface area contributed by atoms with Crippen LogP contribution in [0.2, 0.25) is 0 Å². The number of ether oxygens (including phenoxy) is 2. The van der Waals surface area contributed by atoms with Gasteiger partial charge in [0.2, 0.25) is 0 Å². The first-order chi connectivity index (χ1) is 17.3. The number of likely N-dealkylation sites (N-methyl/N-ethyl adjacent to an activating group) is 1. The summed E-state index contributed by atoms with van der Waals surface area (Å²) in [7, 11) is 1.83. The van der Waals surface area contributed by atoms with E-state index in [2.05, 4.69) is 15.9 Å². The van der Waals surface area contributed by atoms with Crippen LogP contribution in [0.25, 0.3) is 6.08 Å². The summed E-state index contributed by atoms with van der Waals surface area (Å²) in [6.45, 7) is 2.59. The predicted molar refractivity (Wildman–Crippen MR) is 145 cm³/mol. The fourth-order valence-corrected chi connectivity index (χ4v) is 5.30. The second-order valence-corrected chi connectivity index (χ2v) is 10.1. The third-order valence-electron chi connectivity index (χ3n) is 6.48. The van der Waals surface area contributed by atoms with Gasteiger partial charge in [0, 0.05) is 17.6 Å². The Labute approximate surface area is 224 Å². The number of carboxylic acid groups (broad SMARTS) is 1. The number of benzene rings is 2. The Kier molecular flexibility index (Phi) is 8.31. The number of carbonyl (C=O) groups excluding carboxylic acids is 1. The summed E-state index contributed by atoms with van der Waals surface area (Å²) in [4.78, 5) is 28.0. The molecule has 1 aliphatic heterocycles. The first-order valence-electron chi connectivity index (χ1n) is 12.0. The molecule has 0 bridgehead atoms. The van der Waals surface area contributed by atoms with Crippen LogP contribution in [-0.2, 0) is 11.4 Å². The third kappa shape index (κ3) is 5.57. The first-order valence-corrected chi connectivity index (χ1v) is 13.2. The lowest BCUT2D eigenvalue weighted by molar-refractivity contribution is -0.124. The maximum absolute atomic E-state index is 13.4. The molecule has 36 heavy (non-hydrogen) atoms. The minimum atomic E-state index is -0.969. The van der Waals surface area contributed by atoms with Gasteiger partial charge in [-0.3, -0.25) is 9.69 Å². The molecule has 1 N–H and O–H groups in total. The standard InChI is InChI=1S/C27H29BrN2O5S/c1-3-34-23-14-19(13-22-25(31)30(27(36)29(22)2)20-7-5-4-6-8-20)21(28)15-24(23)35-16-17-9-11-18(12-10-17)26(32)33/h9-15,20H,3-8,16H2,1-2H3,(H,32,33)/b22-13-. The van der Waals surface area contributed by atoms with Gasteiger partial charge in [0.1, 0.15) is 12.3 Å². The highest BCUT2D eigenvalue weighted by molar-refractivity contribution is 9.10. The highest BCUT2D eigenvalue weighted by Crippen LogP contribution is 2.37. The van der Waals surface area contributed by atoms with E-state index in [1.807, 2.05) is 32.2 Å². The van der Waals surface area contributed by atoms with E-state index in [-0.39, 0.29) is 24.1 Å². The fraction of sp³-hybridized carbons (Fsp3) is 0.370. The number of nitrogens with zero attached hydrogens (tertiary/aromatic N) is 2. The number of halogens is 1. The van der Waals surface area contributed by atoms with Crippen molar-refractivity contribution in [1.29, 1.82) is 0 Å². The lowest BCUT2D eigenvalue weighted by atomic mass is 9.94. The molecule has 0 radical (unpaired) electrons. The van der Waals surface area contributed by atoms with Gasteiger partial charge < -0.3 is 19.5 Å². The zero-order valence-corrected chi connectivity index (χ0v) is 22.7. The molecule has 2 aliphatic rings. The lowest BCUT2D eigenvalue weighted by Gasteiger charge is -2.30. The molecule has 2 aromatic rings. The van der Waals surface area contributed by atoms with Crippen LogP contribution in [0.15, 0.2) is 46.6 Å². The quantitative estimate of drug-likeness (QED) is 0.313. The van der Waals surface area contributed by atoms with Crippen LogP contribution >= 0.6 is 28.1 Å². The number of aromatic carboxylic acids is 1. The molecule has 0 spiro atoms. The van der Waals surface area contributed by atoms with E-state index in [4.69, 9.17) is 26.8 Å². The summed E-state index contributed by atoms with van der Waals surface area (Å²) < 4.78 is 12.6. The highest BCUT2D eigenvalue weighted by Gasteiger charge is 2.40. The van der Waals surface area contributed by atoms with Crippen molar-refractivity contribution >= 4 is 51.2 Å². The molecule has 1 amide bonds. The Bertz CT molecular complexity index is 1190. The van der Waals surface area contributed by atoms with Gasteiger partial charge in [-0.2, -0.15) is 0 Å². The third-order valence-corrected chi connectivity index (χ3v) is 7.64. The smallest absolute Gasteiger partial charge is 0.335 e. The summed E-state index contributed by atoms with van der Waals surface area (Å²) in [5.74, 6) is 0.0568. The van der Waals surface area contributed by atoms with Crippen LogP contribution in [0.4, 0.5) is 0 Å². The van der Waals surface area contributed by atoms with Gasteiger partial charge in [-0.15, -0.1) is 0 Å². The van der Waals surface area contributed by atoms with Crippen molar-refractivity contribution in [2.75, 3.05) is 13.7 Å². The van der Waals surface area contributed by atoms with Gasteiger partial charge >= 0.3 is 5.97 Å². The van der Waals surface area contributed by atoms with Gasteiger partial charge in [-0.05, 0) is 73.5 Å².